The van der Waals surface area contributed by atoms with Crippen molar-refractivity contribution in [3.05, 3.63) is 58.5 Å². The molecule has 142 valence electrons. The maximum absolute atomic E-state index is 12.0. The number of nitrogens with one attached hydrogen (secondary N) is 2. The zero-order valence-corrected chi connectivity index (χ0v) is 15.2. The highest BCUT2D eigenvalue weighted by Crippen LogP contribution is 2.22. The van der Waals surface area contributed by atoms with Crippen LogP contribution in [0.15, 0.2) is 52.5 Å². The molecular weight excluding hydrogens is 348 g/mol. The predicted octanol–water partition coefficient (Wildman–Crippen LogP) is 1.83. The number of amides is 2. The van der Waals surface area contributed by atoms with Crippen molar-refractivity contribution in [1.82, 2.24) is 9.99 Å². The summed E-state index contributed by atoms with van der Waals surface area (Å²) in [7, 11) is 0. The third kappa shape index (κ3) is 5.81. The van der Waals surface area contributed by atoms with E-state index in [-0.39, 0.29) is 23.8 Å². The summed E-state index contributed by atoms with van der Waals surface area (Å²) < 4.78 is 1.25. The molecule has 3 N–H and O–H groups in total. The molecule has 0 aliphatic heterocycles. The van der Waals surface area contributed by atoms with Crippen molar-refractivity contribution >= 4 is 23.2 Å². The molecule has 0 aliphatic rings. The van der Waals surface area contributed by atoms with Gasteiger partial charge < -0.3 is 15.0 Å². The van der Waals surface area contributed by atoms with Crippen molar-refractivity contribution in [2.45, 2.75) is 33.2 Å². The maximum Gasteiger partial charge on any atom is 0.260 e. The predicted molar refractivity (Wildman–Crippen MR) is 103 cm³/mol. The van der Waals surface area contributed by atoms with Gasteiger partial charge in [0.1, 0.15) is 12.3 Å². The summed E-state index contributed by atoms with van der Waals surface area (Å²) in [6, 6.07) is 9.21. The Kier molecular flexibility index (Phi) is 6.87. The van der Waals surface area contributed by atoms with E-state index in [1.54, 1.807) is 31.2 Å². The molecule has 0 radical (unpaired) electrons. The van der Waals surface area contributed by atoms with Crippen LogP contribution < -0.4 is 16.3 Å². The average molecular weight is 370 g/mol. The summed E-state index contributed by atoms with van der Waals surface area (Å²) in [5.41, 5.74) is 3.32. The molecule has 0 aliphatic carbocycles. The zero-order chi connectivity index (χ0) is 19.8. The number of hydrogen-bond acceptors (Lipinski definition) is 5. The Morgan fingerprint density at radius 3 is 2.67 bits per heavy atom. The minimum atomic E-state index is -0.477. The topological polar surface area (TPSA) is 113 Å². The van der Waals surface area contributed by atoms with Crippen LogP contribution in [0.25, 0.3) is 0 Å². The van der Waals surface area contributed by atoms with Crippen LogP contribution in [-0.2, 0) is 16.1 Å². The number of phenolic OH excluding ortho intramolecular Hbond substituents is 1. The fraction of sp³-hybridized carbons (Fsp3) is 0.263. The van der Waals surface area contributed by atoms with Gasteiger partial charge in [0.25, 0.3) is 11.5 Å². The number of pyridine rings is 1. The summed E-state index contributed by atoms with van der Waals surface area (Å²) in [5, 5.41) is 16.7. The number of rotatable bonds is 7. The molecule has 1 aromatic carbocycles. The maximum atomic E-state index is 12.0. The average Bonchev–Trinajstić information content (AvgIpc) is 2.63. The van der Waals surface area contributed by atoms with Gasteiger partial charge in [-0.05, 0) is 37.6 Å². The molecule has 0 saturated heterocycles. The van der Waals surface area contributed by atoms with Gasteiger partial charge in [-0.3, -0.25) is 14.4 Å². The minimum Gasteiger partial charge on any atom is -0.507 e. The molecule has 0 unspecified atom stereocenters. The Labute approximate surface area is 156 Å². The van der Waals surface area contributed by atoms with E-state index in [0.29, 0.717) is 23.4 Å². The van der Waals surface area contributed by atoms with Crippen LogP contribution >= 0.6 is 0 Å². The molecule has 1 aromatic heterocycles. The van der Waals surface area contributed by atoms with Gasteiger partial charge in [-0.25, -0.2) is 5.43 Å². The fourth-order valence-electron chi connectivity index (χ4n) is 2.34. The summed E-state index contributed by atoms with van der Waals surface area (Å²) in [6.45, 7) is 3.35. The summed E-state index contributed by atoms with van der Waals surface area (Å²) in [4.78, 5) is 35.3. The van der Waals surface area contributed by atoms with E-state index in [2.05, 4.69) is 15.8 Å². The van der Waals surface area contributed by atoms with Crippen molar-refractivity contribution in [1.29, 1.82) is 0 Å². The summed E-state index contributed by atoms with van der Waals surface area (Å²) in [6.07, 6.45) is 2.64. The lowest BCUT2D eigenvalue weighted by atomic mass is 10.1. The smallest absolute Gasteiger partial charge is 0.260 e. The van der Waals surface area contributed by atoms with Crippen LogP contribution in [0, 0.1) is 0 Å². The van der Waals surface area contributed by atoms with Gasteiger partial charge in [0.15, 0.2) is 0 Å². The monoisotopic (exact) mass is 370 g/mol. The molecule has 0 atom stereocenters. The second-order valence-electron chi connectivity index (χ2n) is 5.93. The Morgan fingerprint density at radius 1 is 1.19 bits per heavy atom. The largest absolute Gasteiger partial charge is 0.507 e. The van der Waals surface area contributed by atoms with Crippen LogP contribution in [0.2, 0.25) is 0 Å². The van der Waals surface area contributed by atoms with Crippen LogP contribution in [0.1, 0.15) is 32.3 Å². The van der Waals surface area contributed by atoms with E-state index in [4.69, 9.17) is 0 Å². The normalized spacial score (nSPS) is 11.1. The standard InChI is InChI=1S/C19H22N4O4/c1-3-6-17(25)20-14-8-9-16(24)15(11-14)13(2)21-22-18(26)12-23-10-5-4-7-19(23)27/h4-5,7-11,24H,3,6,12H2,1-2H3,(H,20,25)(H,22,26)/b21-13+. The van der Waals surface area contributed by atoms with E-state index in [1.165, 1.54) is 22.9 Å². The highest BCUT2D eigenvalue weighted by molar-refractivity contribution is 6.03. The number of nitrogens with zero attached hydrogens (tertiary/aromatic N) is 2. The van der Waals surface area contributed by atoms with Crippen molar-refractivity contribution < 1.29 is 14.7 Å². The minimum absolute atomic E-state index is 0.0294. The van der Waals surface area contributed by atoms with Crippen molar-refractivity contribution in [3.63, 3.8) is 0 Å². The summed E-state index contributed by atoms with van der Waals surface area (Å²) >= 11 is 0. The number of benzene rings is 1. The number of hydrogen-bond donors (Lipinski definition) is 3. The Hall–Kier alpha value is -3.42. The Bertz CT molecular complexity index is 918. The first kappa shape index (κ1) is 19.9. The van der Waals surface area contributed by atoms with Gasteiger partial charge in [-0.15, -0.1) is 0 Å². The molecule has 0 spiro atoms. The van der Waals surface area contributed by atoms with Crippen LogP contribution in [0.3, 0.4) is 0 Å². The third-order valence-corrected chi connectivity index (χ3v) is 3.71. The number of anilines is 1. The van der Waals surface area contributed by atoms with Crippen molar-refractivity contribution in [2.75, 3.05) is 5.32 Å². The second kappa shape index (κ2) is 9.33. The molecule has 2 amide bonds. The number of hydrazone groups is 1. The van der Waals surface area contributed by atoms with E-state index in [1.807, 2.05) is 6.92 Å². The highest BCUT2D eigenvalue weighted by atomic mass is 16.3. The molecular formula is C19H22N4O4. The lowest BCUT2D eigenvalue weighted by Gasteiger charge is -2.09. The first-order valence-corrected chi connectivity index (χ1v) is 8.52. The van der Waals surface area contributed by atoms with Gasteiger partial charge in [-0.1, -0.05) is 13.0 Å². The van der Waals surface area contributed by atoms with E-state index >= 15 is 0 Å². The number of aromatic hydroxyl groups is 1. The van der Waals surface area contributed by atoms with Crippen LogP contribution in [0.5, 0.6) is 5.75 Å². The van der Waals surface area contributed by atoms with Crippen LogP contribution in [0.4, 0.5) is 5.69 Å². The van der Waals surface area contributed by atoms with Crippen molar-refractivity contribution in [3.8, 4) is 5.75 Å². The van der Waals surface area contributed by atoms with E-state index in [9.17, 15) is 19.5 Å². The molecule has 0 saturated carbocycles. The zero-order valence-electron chi connectivity index (χ0n) is 15.2. The molecule has 1 heterocycles. The van der Waals surface area contributed by atoms with Gasteiger partial charge >= 0.3 is 0 Å². The van der Waals surface area contributed by atoms with Gasteiger partial charge in [0, 0.05) is 29.9 Å². The SMILES string of the molecule is CCCC(=O)Nc1ccc(O)c(/C(C)=N/NC(=O)Cn2ccccc2=O)c1. The second-order valence-corrected chi connectivity index (χ2v) is 5.93. The Morgan fingerprint density at radius 2 is 1.96 bits per heavy atom. The molecule has 2 rings (SSSR count). The first-order chi connectivity index (χ1) is 12.9. The molecule has 8 heteroatoms. The number of carbonyl (C=O) groups is 2. The number of carbonyl (C=O) groups excluding carboxylic acids is 2. The van der Waals surface area contributed by atoms with Crippen LogP contribution in [-0.4, -0.2) is 27.2 Å². The lowest BCUT2D eigenvalue weighted by molar-refractivity contribution is -0.121. The summed E-state index contributed by atoms with van der Waals surface area (Å²) in [5.74, 6) is -0.627. The molecule has 27 heavy (non-hydrogen) atoms. The van der Waals surface area contributed by atoms with E-state index < -0.39 is 5.91 Å². The van der Waals surface area contributed by atoms with E-state index in [0.717, 1.165) is 6.42 Å². The quantitative estimate of drug-likeness (QED) is 0.392. The molecule has 0 bridgehead atoms. The molecule has 8 nitrogen and oxygen atoms in total. The number of aromatic nitrogens is 1. The fourth-order valence-corrected chi connectivity index (χ4v) is 2.34. The first-order valence-electron chi connectivity index (χ1n) is 8.52. The number of phenols is 1. The molecule has 2 aromatic rings. The Balaban J connectivity index is 2.08. The lowest BCUT2D eigenvalue weighted by Crippen LogP contribution is -2.29. The van der Waals surface area contributed by atoms with Gasteiger partial charge in [-0.2, -0.15) is 5.10 Å². The van der Waals surface area contributed by atoms with Gasteiger partial charge in [0.2, 0.25) is 5.91 Å². The third-order valence-electron chi connectivity index (χ3n) is 3.71. The van der Waals surface area contributed by atoms with Crippen molar-refractivity contribution in [2.24, 2.45) is 5.10 Å². The van der Waals surface area contributed by atoms with Gasteiger partial charge in [0.05, 0.1) is 5.71 Å². The highest BCUT2D eigenvalue weighted by Gasteiger charge is 2.09. The molecule has 0 fully saturated rings.